The molecule has 0 saturated carbocycles. The molecule has 0 saturated heterocycles. The molecule has 0 aromatic heterocycles. The maximum Gasteiger partial charge on any atom is 0.506 e. The van der Waals surface area contributed by atoms with E-state index in [1.807, 2.05) is 0 Å². The highest BCUT2D eigenvalue weighted by molar-refractivity contribution is 6.15. The highest BCUT2D eigenvalue weighted by atomic mass is 35.5. The minimum Gasteiger partial charge on any atom is -0.450 e. The molecule has 0 bridgehead atoms. The fourth-order valence-electron chi connectivity index (χ4n) is 0.202. The van der Waals surface area contributed by atoms with Crippen molar-refractivity contribution in [1.29, 1.82) is 0 Å². The molecule has 1 N–H and O–H groups in total. The van der Waals surface area contributed by atoms with Gasteiger partial charge in [-0.15, -0.1) is 11.6 Å². The predicted molar refractivity (Wildman–Crippen MR) is 36.0 cm³/mol. The number of carbonyl (C=O) groups is 1. The van der Waals surface area contributed by atoms with Gasteiger partial charge in [0.15, 0.2) is 0 Å². The van der Waals surface area contributed by atoms with Crippen molar-refractivity contribution in [3.05, 3.63) is 0 Å². The highest BCUT2D eigenvalue weighted by Gasteiger charge is 1.97. The number of carboxylic acid groups (broad SMARTS) is 1. The smallest absolute Gasteiger partial charge is 0.450 e. The van der Waals surface area contributed by atoms with Crippen LogP contribution in [0, 0.1) is 0 Å². The van der Waals surface area contributed by atoms with Gasteiger partial charge in [0, 0.05) is 6.38 Å². The molecule has 4 heteroatoms. The molecule has 3 nitrogen and oxygen atoms in total. The lowest BCUT2D eigenvalue weighted by Gasteiger charge is -1.99. The molecule has 0 radical (unpaired) electrons. The van der Waals surface area contributed by atoms with E-state index in [-0.39, 0.29) is 6.10 Å². The second-order valence-corrected chi connectivity index (χ2v) is 1.43. The molecular weight excluding hydrogens is 144 g/mol. The summed E-state index contributed by atoms with van der Waals surface area (Å²) in [5, 5.41) is 7.86. The van der Waals surface area contributed by atoms with E-state index in [1.54, 1.807) is 13.8 Å². The molecule has 0 aliphatic carbocycles. The molecule has 0 rings (SSSR count). The lowest BCUT2D eigenvalue weighted by atomic mass is 10.5. The van der Waals surface area contributed by atoms with Gasteiger partial charge in [-0.3, -0.25) is 0 Å². The monoisotopic (exact) mass is 154 g/mol. The summed E-state index contributed by atoms with van der Waals surface area (Å²) in [7, 11) is 0. The Morgan fingerprint density at radius 1 is 1.56 bits per heavy atom. The van der Waals surface area contributed by atoms with Crippen LogP contribution in [-0.2, 0) is 4.74 Å². The Morgan fingerprint density at radius 2 is 1.89 bits per heavy atom. The molecule has 0 aromatic rings. The van der Waals surface area contributed by atoms with Crippen LogP contribution in [0.25, 0.3) is 0 Å². The second kappa shape index (κ2) is 7.56. The van der Waals surface area contributed by atoms with E-state index in [2.05, 4.69) is 16.3 Å². The summed E-state index contributed by atoms with van der Waals surface area (Å²) in [5.74, 6) is 0. The number of hydrogen-bond acceptors (Lipinski definition) is 2. The minimum absolute atomic E-state index is 0.225. The number of alkyl halides is 1. The van der Waals surface area contributed by atoms with Gasteiger partial charge in [0.2, 0.25) is 0 Å². The Hall–Kier alpha value is -0.440. The van der Waals surface area contributed by atoms with Gasteiger partial charge in [-0.25, -0.2) is 4.79 Å². The van der Waals surface area contributed by atoms with Crippen LogP contribution < -0.4 is 0 Å². The summed E-state index contributed by atoms with van der Waals surface area (Å²) in [6.07, 6.45) is 0.0347. The number of hydrogen-bond donors (Lipinski definition) is 1. The van der Waals surface area contributed by atoms with E-state index in [1.165, 1.54) is 6.38 Å². The average Bonchev–Trinajstić information content (AvgIpc) is 1.68. The van der Waals surface area contributed by atoms with E-state index in [0.29, 0.717) is 0 Å². The van der Waals surface area contributed by atoms with E-state index in [9.17, 15) is 4.79 Å². The fraction of sp³-hybridized carbons (Fsp3) is 0.800. The highest BCUT2D eigenvalue weighted by Crippen LogP contribution is 1.85. The molecule has 0 amide bonds. The first-order chi connectivity index (χ1) is 4.13. The molecular formula is C5H11ClO3. The first-order valence-electron chi connectivity index (χ1n) is 2.40. The lowest BCUT2D eigenvalue weighted by Crippen LogP contribution is -2.07. The first kappa shape index (κ1) is 11.4. The maximum absolute atomic E-state index is 9.59. The molecule has 0 aliphatic rings. The van der Waals surface area contributed by atoms with Crippen LogP contribution in [0.2, 0.25) is 0 Å². The lowest BCUT2D eigenvalue weighted by molar-refractivity contribution is 0.0660. The molecule has 0 spiro atoms. The molecule has 0 aliphatic heterocycles. The predicted octanol–water partition coefficient (Wildman–Crippen LogP) is 1.94. The fourth-order valence-corrected chi connectivity index (χ4v) is 0.202. The number of ether oxygens (including phenoxy) is 1. The summed E-state index contributed by atoms with van der Waals surface area (Å²) >= 11 is 4.64. The summed E-state index contributed by atoms with van der Waals surface area (Å²) in [5.41, 5.74) is 0. The normalized spacial score (nSPS) is 7.67. The molecule has 0 fully saturated rings. The van der Waals surface area contributed by atoms with Gasteiger partial charge in [-0.05, 0) is 13.8 Å². The summed E-state index contributed by atoms with van der Waals surface area (Å²) in [4.78, 5) is 9.59. The van der Waals surface area contributed by atoms with Crippen molar-refractivity contribution in [3.8, 4) is 0 Å². The van der Waals surface area contributed by atoms with Gasteiger partial charge in [0.25, 0.3) is 0 Å². The van der Waals surface area contributed by atoms with Crippen molar-refractivity contribution >= 4 is 17.8 Å². The molecule has 56 valence electrons. The van der Waals surface area contributed by atoms with E-state index in [0.717, 1.165) is 0 Å². The van der Waals surface area contributed by atoms with Crippen LogP contribution >= 0.6 is 11.6 Å². The number of halogens is 1. The largest absolute Gasteiger partial charge is 0.506 e. The molecule has 0 atom stereocenters. The standard InChI is InChI=1S/C4H8O3.CH3Cl/c1-3(2)7-4(5)6;1-2/h3H,1-2H3,(H,5,6);1H3. The quantitative estimate of drug-likeness (QED) is 0.464. The first-order valence-corrected chi connectivity index (χ1v) is 3.16. The summed E-state index contributed by atoms with van der Waals surface area (Å²) in [6, 6.07) is 0. The minimum atomic E-state index is -1.21. The third-order valence-corrected chi connectivity index (χ3v) is 0.337. The SMILES string of the molecule is CC(C)OC(=O)O.CCl. The van der Waals surface area contributed by atoms with E-state index in [4.69, 9.17) is 5.11 Å². The Morgan fingerprint density at radius 3 is 1.89 bits per heavy atom. The Bertz CT molecular complexity index is 72.6. The van der Waals surface area contributed by atoms with Gasteiger partial charge in [-0.1, -0.05) is 0 Å². The van der Waals surface area contributed by atoms with Crippen LogP contribution in [-0.4, -0.2) is 23.7 Å². The Labute approximate surface area is 59.6 Å². The molecule has 0 unspecified atom stereocenters. The van der Waals surface area contributed by atoms with Crippen molar-refractivity contribution in [2.24, 2.45) is 0 Å². The zero-order valence-electron chi connectivity index (χ0n) is 5.72. The summed E-state index contributed by atoms with van der Waals surface area (Å²) in [6.45, 7) is 3.32. The van der Waals surface area contributed by atoms with Gasteiger partial charge in [-0.2, -0.15) is 0 Å². The van der Waals surface area contributed by atoms with E-state index >= 15 is 0 Å². The van der Waals surface area contributed by atoms with Crippen molar-refractivity contribution in [2.75, 3.05) is 6.38 Å². The van der Waals surface area contributed by atoms with Crippen molar-refractivity contribution in [1.82, 2.24) is 0 Å². The van der Waals surface area contributed by atoms with Gasteiger partial charge >= 0.3 is 6.16 Å². The van der Waals surface area contributed by atoms with Crippen LogP contribution in [0.15, 0.2) is 0 Å². The van der Waals surface area contributed by atoms with Crippen LogP contribution in [0.5, 0.6) is 0 Å². The molecule has 0 aromatic carbocycles. The zero-order chi connectivity index (χ0) is 7.86. The number of rotatable bonds is 1. The van der Waals surface area contributed by atoms with Crippen molar-refractivity contribution in [2.45, 2.75) is 20.0 Å². The van der Waals surface area contributed by atoms with E-state index < -0.39 is 6.16 Å². The Kier molecular flexibility index (Phi) is 9.55. The van der Waals surface area contributed by atoms with Crippen LogP contribution in [0.4, 0.5) is 4.79 Å². The third-order valence-electron chi connectivity index (χ3n) is 0.337. The van der Waals surface area contributed by atoms with Crippen molar-refractivity contribution < 1.29 is 14.6 Å². The average molecular weight is 155 g/mol. The van der Waals surface area contributed by atoms with Gasteiger partial charge < -0.3 is 9.84 Å². The third kappa shape index (κ3) is 18.4. The van der Waals surface area contributed by atoms with Gasteiger partial charge in [0.05, 0.1) is 6.10 Å². The molecule has 0 heterocycles. The van der Waals surface area contributed by atoms with Crippen LogP contribution in [0.3, 0.4) is 0 Å². The zero-order valence-corrected chi connectivity index (χ0v) is 6.47. The topological polar surface area (TPSA) is 46.5 Å². The molecule has 9 heavy (non-hydrogen) atoms. The van der Waals surface area contributed by atoms with Gasteiger partial charge in [0.1, 0.15) is 0 Å². The maximum atomic E-state index is 9.59. The van der Waals surface area contributed by atoms with Crippen molar-refractivity contribution in [3.63, 3.8) is 0 Å². The van der Waals surface area contributed by atoms with Crippen LogP contribution in [0.1, 0.15) is 13.8 Å². The Balaban J connectivity index is 0. The second-order valence-electron chi connectivity index (χ2n) is 1.43. The summed E-state index contributed by atoms with van der Waals surface area (Å²) < 4.78 is 4.17.